The van der Waals surface area contributed by atoms with Crippen LogP contribution in [0.3, 0.4) is 0 Å². The number of aliphatic hydroxyl groups is 2. The number of aliphatic hydroxyl groups excluding tert-OH is 1. The van der Waals surface area contributed by atoms with Gasteiger partial charge in [-0.15, -0.1) is 0 Å². The second kappa shape index (κ2) is 6.19. The van der Waals surface area contributed by atoms with Crippen molar-refractivity contribution in [3.63, 3.8) is 0 Å². The van der Waals surface area contributed by atoms with Crippen LogP contribution in [0.4, 0.5) is 0 Å². The molecule has 92 valence electrons. The molecule has 0 heterocycles. The van der Waals surface area contributed by atoms with E-state index in [1.54, 1.807) is 0 Å². The van der Waals surface area contributed by atoms with Crippen molar-refractivity contribution >= 4 is 17.7 Å². The summed E-state index contributed by atoms with van der Waals surface area (Å²) in [4.78, 5) is 33.1. The van der Waals surface area contributed by atoms with Crippen molar-refractivity contribution in [1.82, 2.24) is 0 Å². The molecule has 16 heavy (non-hydrogen) atoms. The van der Waals surface area contributed by atoms with Crippen LogP contribution in [-0.4, -0.2) is 54.4 Å². The highest BCUT2D eigenvalue weighted by molar-refractivity contribution is 5.92. The fourth-order valence-corrected chi connectivity index (χ4v) is 1.09. The highest BCUT2D eigenvalue weighted by Crippen LogP contribution is 2.18. The van der Waals surface area contributed by atoms with Gasteiger partial charge in [-0.05, 0) is 0 Å². The van der Waals surface area contributed by atoms with E-state index in [0.29, 0.717) is 0 Å². The fraction of sp³-hybridized carbons (Fsp3) is 0.667. The van der Waals surface area contributed by atoms with E-state index in [2.05, 4.69) is 9.47 Å². The van der Waals surface area contributed by atoms with Gasteiger partial charge in [0.2, 0.25) is 0 Å². The predicted molar refractivity (Wildman–Crippen MR) is 50.3 cm³/mol. The monoisotopic (exact) mass is 234 g/mol. The van der Waals surface area contributed by atoms with Crippen molar-refractivity contribution in [3.05, 3.63) is 0 Å². The standard InChI is InChI=1S/C9H14O7/c1-15-7(12)4-9(14,8(13)16-2)3-6(11)5-10/h10,14H,3-5H2,1-2H3. The van der Waals surface area contributed by atoms with Crippen molar-refractivity contribution in [2.45, 2.75) is 18.4 Å². The third-order valence-electron chi connectivity index (χ3n) is 1.90. The Morgan fingerprint density at radius 2 is 1.69 bits per heavy atom. The number of rotatable bonds is 6. The molecule has 0 saturated carbocycles. The maximum absolute atomic E-state index is 11.2. The maximum atomic E-state index is 11.2. The van der Waals surface area contributed by atoms with E-state index < -0.39 is 42.8 Å². The molecule has 0 spiro atoms. The second-order valence-electron chi connectivity index (χ2n) is 3.15. The summed E-state index contributed by atoms with van der Waals surface area (Å²) in [6.07, 6.45) is -1.41. The third kappa shape index (κ3) is 3.95. The number of carbonyl (C=O) groups excluding carboxylic acids is 3. The first-order chi connectivity index (χ1) is 7.39. The summed E-state index contributed by atoms with van der Waals surface area (Å²) in [5.41, 5.74) is -2.29. The highest BCUT2D eigenvalue weighted by atomic mass is 16.5. The van der Waals surface area contributed by atoms with Crippen molar-refractivity contribution in [2.75, 3.05) is 20.8 Å². The van der Waals surface area contributed by atoms with E-state index in [0.717, 1.165) is 14.2 Å². The van der Waals surface area contributed by atoms with Gasteiger partial charge >= 0.3 is 11.9 Å². The normalized spacial score (nSPS) is 13.8. The molecule has 0 saturated heterocycles. The van der Waals surface area contributed by atoms with Gasteiger partial charge < -0.3 is 19.7 Å². The van der Waals surface area contributed by atoms with Gasteiger partial charge in [-0.2, -0.15) is 0 Å². The van der Waals surface area contributed by atoms with Crippen molar-refractivity contribution in [1.29, 1.82) is 0 Å². The molecule has 1 unspecified atom stereocenters. The van der Waals surface area contributed by atoms with E-state index in [1.807, 2.05) is 0 Å². The molecule has 0 bridgehead atoms. The molecule has 2 N–H and O–H groups in total. The lowest BCUT2D eigenvalue weighted by Crippen LogP contribution is -2.44. The van der Waals surface area contributed by atoms with Gasteiger partial charge in [0.05, 0.1) is 20.6 Å². The lowest BCUT2D eigenvalue weighted by molar-refractivity contribution is -0.171. The zero-order valence-electron chi connectivity index (χ0n) is 9.06. The van der Waals surface area contributed by atoms with Crippen molar-refractivity contribution in [3.8, 4) is 0 Å². The molecule has 0 aliphatic heterocycles. The van der Waals surface area contributed by atoms with Crippen LogP contribution in [0.5, 0.6) is 0 Å². The minimum absolute atomic E-state index is 0.703. The lowest BCUT2D eigenvalue weighted by Gasteiger charge is -2.22. The average molecular weight is 234 g/mol. The topological polar surface area (TPSA) is 110 Å². The van der Waals surface area contributed by atoms with E-state index in [9.17, 15) is 19.5 Å². The third-order valence-corrected chi connectivity index (χ3v) is 1.90. The van der Waals surface area contributed by atoms with E-state index in [-0.39, 0.29) is 0 Å². The van der Waals surface area contributed by atoms with Crippen molar-refractivity contribution in [2.24, 2.45) is 0 Å². The van der Waals surface area contributed by atoms with Gasteiger partial charge in [-0.25, -0.2) is 4.79 Å². The molecule has 0 aromatic rings. The van der Waals surface area contributed by atoms with E-state index >= 15 is 0 Å². The zero-order valence-corrected chi connectivity index (χ0v) is 9.06. The Balaban J connectivity index is 4.81. The molecule has 7 nitrogen and oxygen atoms in total. The van der Waals surface area contributed by atoms with Crippen LogP contribution in [0.1, 0.15) is 12.8 Å². The summed E-state index contributed by atoms with van der Waals surface area (Å²) in [6.45, 7) is -0.833. The maximum Gasteiger partial charge on any atom is 0.338 e. The summed E-state index contributed by atoms with van der Waals surface area (Å²) in [6, 6.07) is 0. The van der Waals surface area contributed by atoms with Crippen LogP contribution in [-0.2, 0) is 23.9 Å². The molecule has 0 aliphatic rings. The summed E-state index contributed by atoms with van der Waals surface area (Å²) in [5, 5.41) is 18.3. The minimum Gasteiger partial charge on any atom is -0.469 e. The first kappa shape index (κ1) is 14.5. The van der Waals surface area contributed by atoms with Gasteiger partial charge in [-0.1, -0.05) is 0 Å². The number of esters is 2. The summed E-state index contributed by atoms with van der Waals surface area (Å²) in [5.74, 6) is -2.77. The number of hydrogen-bond donors (Lipinski definition) is 2. The fourth-order valence-electron chi connectivity index (χ4n) is 1.09. The van der Waals surface area contributed by atoms with Gasteiger partial charge in [0.1, 0.15) is 6.61 Å². The highest BCUT2D eigenvalue weighted by Gasteiger charge is 2.41. The molecule has 0 aromatic carbocycles. The largest absolute Gasteiger partial charge is 0.469 e. The number of ether oxygens (including phenoxy) is 2. The minimum atomic E-state index is -2.29. The van der Waals surface area contributed by atoms with E-state index in [4.69, 9.17) is 5.11 Å². The second-order valence-corrected chi connectivity index (χ2v) is 3.15. The Kier molecular flexibility index (Phi) is 5.62. The quantitative estimate of drug-likeness (QED) is 0.533. The Bertz CT molecular complexity index is 266. The first-order valence-electron chi connectivity index (χ1n) is 4.39. The van der Waals surface area contributed by atoms with Crippen LogP contribution < -0.4 is 0 Å². The lowest BCUT2D eigenvalue weighted by atomic mass is 9.93. The van der Waals surface area contributed by atoms with Crippen molar-refractivity contribution < 1.29 is 34.1 Å². The van der Waals surface area contributed by atoms with Gasteiger partial charge in [-0.3, -0.25) is 9.59 Å². The molecule has 0 aromatic heterocycles. The average Bonchev–Trinajstić information content (AvgIpc) is 2.27. The SMILES string of the molecule is COC(=O)CC(O)(CC(=O)CO)C(=O)OC. The number of carbonyl (C=O) groups is 3. The van der Waals surface area contributed by atoms with Gasteiger partial charge in [0.15, 0.2) is 11.4 Å². The molecule has 7 heteroatoms. The van der Waals surface area contributed by atoms with Gasteiger partial charge in [0.25, 0.3) is 0 Å². The summed E-state index contributed by atoms with van der Waals surface area (Å²) in [7, 11) is 2.09. The Morgan fingerprint density at radius 1 is 1.12 bits per heavy atom. The van der Waals surface area contributed by atoms with Crippen LogP contribution >= 0.6 is 0 Å². The Morgan fingerprint density at radius 3 is 2.06 bits per heavy atom. The number of methoxy groups -OCH3 is 2. The molecular weight excluding hydrogens is 220 g/mol. The number of hydrogen-bond acceptors (Lipinski definition) is 7. The Hall–Kier alpha value is -1.47. The van der Waals surface area contributed by atoms with Crippen LogP contribution in [0.25, 0.3) is 0 Å². The predicted octanol–water partition coefficient (Wildman–Crippen LogP) is -1.59. The molecule has 1 atom stereocenters. The smallest absolute Gasteiger partial charge is 0.338 e. The van der Waals surface area contributed by atoms with Gasteiger partial charge in [0, 0.05) is 6.42 Å². The van der Waals surface area contributed by atoms with Crippen LogP contribution in [0.15, 0.2) is 0 Å². The molecular formula is C9H14O7. The number of ketones is 1. The molecule has 0 amide bonds. The molecule has 0 rings (SSSR count). The Labute approximate surface area is 92.0 Å². The number of Topliss-reactive ketones (excluding diaryl/α,β-unsaturated/α-hetero) is 1. The van der Waals surface area contributed by atoms with Crippen LogP contribution in [0, 0.1) is 0 Å². The van der Waals surface area contributed by atoms with E-state index in [1.165, 1.54) is 0 Å². The molecule has 0 aliphatic carbocycles. The molecule has 0 fully saturated rings. The first-order valence-corrected chi connectivity index (χ1v) is 4.39. The molecule has 0 radical (unpaired) electrons. The summed E-state index contributed by atoms with van der Waals surface area (Å²) >= 11 is 0. The summed E-state index contributed by atoms with van der Waals surface area (Å²) < 4.78 is 8.55. The zero-order chi connectivity index (χ0) is 12.8. The van der Waals surface area contributed by atoms with Crippen LogP contribution in [0.2, 0.25) is 0 Å².